The number of esters is 2. The molecule has 0 aliphatic rings. The Morgan fingerprint density at radius 1 is 0.394 bits per heavy atom. The van der Waals surface area contributed by atoms with Crippen molar-refractivity contribution in [1.82, 2.24) is 0 Å². The van der Waals surface area contributed by atoms with E-state index in [0.29, 0.717) is 50.7 Å². The van der Waals surface area contributed by atoms with Gasteiger partial charge in [0, 0.05) is 24.6 Å². The summed E-state index contributed by atoms with van der Waals surface area (Å²) in [5.41, 5.74) is 0. The Morgan fingerprint density at radius 3 is 0.879 bits per heavy atom. The summed E-state index contributed by atoms with van der Waals surface area (Å²) >= 11 is 11.1. The summed E-state index contributed by atoms with van der Waals surface area (Å²) < 4.78 is 10.4. The van der Waals surface area contributed by atoms with Crippen LogP contribution in [0.3, 0.4) is 0 Å². The molecule has 0 aromatic heterocycles. The van der Waals surface area contributed by atoms with Crippen molar-refractivity contribution in [3.63, 3.8) is 0 Å². The van der Waals surface area contributed by atoms with Crippen molar-refractivity contribution in [2.24, 2.45) is 0 Å². The van der Waals surface area contributed by atoms with E-state index in [2.05, 4.69) is 0 Å². The summed E-state index contributed by atoms with van der Waals surface area (Å²) in [6.07, 6.45) is 23.9. The number of alkyl halides is 2. The van der Waals surface area contributed by atoms with Gasteiger partial charge in [0.2, 0.25) is 0 Å². The normalized spacial score (nSPS) is 11.0. The lowest BCUT2D eigenvalue weighted by Gasteiger charge is -2.05. The lowest BCUT2D eigenvalue weighted by molar-refractivity contribution is -0.144. The number of carbonyl (C=O) groups is 2. The van der Waals surface area contributed by atoms with Gasteiger partial charge in [-0.1, -0.05) is 96.3 Å². The van der Waals surface area contributed by atoms with E-state index in [1.807, 2.05) is 0 Å². The fraction of sp³-hybridized carbons (Fsp3) is 0.926. The second-order valence-corrected chi connectivity index (χ2v) is 9.79. The summed E-state index contributed by atoms with van der Waals surface area (Å²) in [6.45, 7) is 1.13. The van der Waals surface area contributed by atoms with Gasteiger partial charge in [0.15, 0.2) is 0 Å². The van der Waals surface area contributed by atoms with Crippen LogP contribution in [0.25, 0.3) is 0 Å². The zero-order valence-corrected chi connectivity index (χ0v) is 22.6. The van der Waals surface area contributed by atoms with Crippen LogP contribution in [0.4, 0.5) is 0 Å². The number of hydrogen-bond acceptors (Lipinski definition) is 4. The summed E-state index contributed by atoms with van der Waals surface area (Å²) in [4.78, 5) is 22.7. The highest BCUT2D eigenvalue weighted by Crippen LogP contribution is 2.14. The van der Waals surface area contributed by atoms with Crippen LogP contribution >= 0.6 is 23.2 Å². The van der Waals surface area contributed by atoms with Gasteiger partial charge in [-0.3, -0.25) is 9.59 Å². The average Bonchev–Trinajstić information content (AvgIpc) is 2.82. The monoisotopic (exact) mass is 508 g/mol. The highest BCUT2D eigenvalue weighted by molar-refractivity contribution is 6.18. The molecule has 0 spiro atoms. The lowest BCUT2D eigenvalue weighted by Crippen LogP contribution is -2.05. The molecule has 0 amide bonds. The van der Waals surface area contributed by atoms with E-state index in [1.54, 1.807) is 0 Å². The molecule has 0 fully saturated rings. The predicted octanol–water partition coefficient (Wildman–Crippen LogP) is 8.74. The molecule has 0 aromatic carbocycles. The zero-order chi connectivity index (χ0) is 24.2. The van der Waals surface area contributed by atoms with Crippen LogP contribution in [-0.4, -0.2) is 36.9 Å². The van der Waals surface area contributed by atoms with Gasteiger partial charge in [-0.25, -0.2) is 0 Å². The Kier molecular flexibility index (Phi) is 27.4. The minimum atomic E-state index is -0.110. The highest BCUT2D eigenvalue weighted by atomic mass is 35.5. The minimum Gasteiger partial charge on any atom is -0.466 e. The molecule has 0 aliphatic heterocycles. The molecule has 0 saturated heterocycles. The van der Waals surface area contributed by atoms with Gasteiger partial charge in [0.05, 0.1) is 13.2 Å². The van der Waals surface area contributed by atoms with E-state index in [1.165, 1.54) is 83.5 Å². The molecule has 4 nitrogen and oxygen atoms in total. The molecule has 0 rings (SSSR count). The summed E-state index contributed by atoms with van der Waals surface area (Å²) in [5, 5.41) is 0. The largest absolute Gasteiger partial charge is 0.466 e. The SMILES string of the molecule is O=C(CCCCl)OCCCCCCCCCCCCCCCCCCCOC(=O)CCCCl. The molecule has 6 heteroatoms. The standard InChI is InChI=1S/C27H50Cl2O4/c28-22-18-20-26(30)32-24-16-14-12-10-8-6-4-2-1-3-5-7-9-11-13-15-17-25-33-27(31)21-19-23-29/h1-25H2. The molecule has 0 saturated carbocycles. The van der Waals surface area contributed by atoms with Gasteiger partial charge < -0.3 is 9.47 Å². The molecule has 0 aromatic rings. The van der Waals surface area contributed by atoms with E-state index in [-0.39, 0.29) is 11.9 Å². The first kappa shape index (κ1) is 32.5. The van der Waals surface area contributed by atoms with Gasteiger partial charge in [-0.2, -0.15) is 0 Å². The Labute approximate surface area is 213 Å². The quantitative estimate of drug-likeness (QED) is 0.0664. The third-order valence-corrected chi connectivity index (χ3v) is 6.38. The molecule has 196 valence electrons. The highest BCUT2D eigenvalue weighted by Gasteiger charge is 2.02. The third-order valence-electron chi connectivity index (χ3n) is 5.84. The fourth-order valence-corrected chi connectivity index (χ4v) is 4.06. The molecule has 0 radical (unpaired) electrons. The van der Waals surface area contributed by atoms with Crippen molar-refractivity contribution in [2.75, 3.05) is 25.0 Å². The van der Waals surface area contributed by atoms with Crippen LogP contribution in [0.5, 0.6) is 0 Å². The maximum atomic E-state index is 11.3. The van der Waals surface area contributed by atoms with E-state index in [9.17, 15) is 9.59 Å². The Balaban J connectivity index is 3.10. The zero-order valence-electron chi connectivity index (χ0n) is 21.1. The Morgan fingerprint density at radius 2 is 0.636 bits per heavy atom. The molecule has 0 aliphatic carbocycles. The van der Waals surface area contributed by atoms with Crippen molar-refractivity contribution in [3.8, 4) is 0 Å². The van der Waals surface area contributed by atoms with Crippen molar-refractivity contribution in [1.29, 1.82) is 0 Å². The molecular formula is C27H50Cl2O4. The van der Waals surface area contributed by atoms with Crippen LogP contribution in [0.2, 0.25) is 0 Å². The smallest absolute Gasteiger partial charge is 0.305 e. The first-order valence-corrected chi connectivity index (χ1v) is 14.7. The van der Waals surface area contributed by atoms with Gasteiger partial charge in [-0.15, -0.1) is 23.2 Å². The number of ether oxygens (including phenoxy) is 2. The second kappa shape index (κ2) is 27.8. The molecular weight excluding hydrogens is 459 g/mol. The lowest BCUT2D eigenvalue weighted by atomic mass is 10.0. The Hall–Kier alpha value is -0.480. The van der Waals surface area contributed by atoms with Crippen molar-refractivity contribution in [3.05, 3.63) is 0 Å². The van der Waals surface area contributed by atoms with Crippen molar-refractivity contribution >= 4 is 35.1 Å². The fourth-order valence-electron chi connectivity index (χ4n) is 3.79. The van der Waals surface area contributed by atoms with Crippen LogP contribution in [0.1, 0.15) is 135 Å². The molecule has 0 heterocycles. The number of halogens is 2. The summed E-state index contributed by atoms with van der Waals surface area (Å²) in [7, 11) is 0. The molecule has 0 N–H and O–H groups in total. The topological polar surface area (TPSA) is 52.6 Å². The van der Waals surface area contributed by atoms with Crippen molar-refractivity contribution < 1.29 is 19.1 Å². The molecule has 0 unspecified atom stereocenters. The van der Waals surface area contributed by atoms with Gasteiger partial charge in [0.25, 0.3) is 0 Å². The second-order valence-electron chi connectivity index (χ2n) is 9.04. The first-order chi connectivity index (χ1) is 16.2. The van der Waals surface area contributed by atoms with Crippen molar-refractivity contribution in [2.45, 2.75) is 135 Å². The van der Waals surface area contributed by atoms with Crippen LogP contribution in [0.15, 0.2) is 0 Å². The van der Waals surface area contributed by atoms with E-state index < -0.39 is 0 Å². The molecule has 0 atom stereocenters. The van der Waals surface area contributed by atoms with Crippen LogP contribution in [-0.2, 0) is 19.1 Å². The number of unbranched alkanes of at least 4 members (excludes halogenated alkanes) is 16. The van der Waals surface area contributed by atoms with Gasteiger partial charge >= 0.3 is 11.9 Å². The summed E-state index contributed by atoms with van der Waals surface area (Å²) in [5.74, 6) is 0.826. The van der Waals surface area contributed by atoms with Crippen LogP contribution < -0.4 is 0 Å². The maximum Gasteiger partial charge on any atom is 0.305 e. The third kappa shape index (κ3) is 27.6. The predicted molar refractivity (Wildman–Crippen MR) is 140 cm³/mol. The number of carbonyl (C=O) groups excluding carboxylic acids is 2. The Bertz CT molecular complexity index is 394. The number of rotatable bonds is 26. The average molecular weight is 510 g/mol. The van der Waals surface area contributed by atoms with E-state index >= 15 is 0 Å². The maximum absolute atomic E-state index is 11.3. The summed E-state index contributed by atoms with van der Waals surface area (Å²) in [6, 6.07) is 0. The molecule has 0 bridgehead atoms. The van der Waals surface area contributed by atoms with Crippen LogP contribution in [0, 0.1) is 0 Å². The van der Waals surface area contributed by atoms with E-state index in [0.717, 1.165) is 25.7 Å². The number of hydrogen-bond donors (Lipinski definition) is 0. The van der Waals surface area contributed by atoms with E-state index in [4.69, 9.17) is 32.7 Å². The molecule has 33 heavy (non-hydrogen) atoms. The first-order valence-electron chi connectivity index (χ1n) is 13.6. The van der Waals surface area contributed by atoms with Gasteiger partial charge in [0.1, 0.15) is 0 Å². The minimum absolute atomic E-state index is 0.110. The van der Waals surface area contributed by atoms with Gasteiger partial charge in [-0.05, 0) is 25.7 Å².